The minimum absolute atomic E-state index is 0.0656. The summed E-state index contributed by atoms with van der Waals surface area (Å²) >= 11 is 0. The van der Waals surface area contributed by atoms with E-state index in [9.17, 15) is 4.79 Å². The Morgan fingerprint density at radius 1 is 1.43 bits per heavy atom. The van der Waals surface area contributed by atoms with Gasteiger partial charge in [-0.15, -0.1) is 0 Å². The molecule has 8 heteroatoms. The third-order valence-corrected chi connectivity index (χ3v) is 3.49. The Bertz CT molecular complexity index is 614. The van der Waals surface area contributed by atoms with Gasteiger partial charge in [0, 0.05) is 12.4 Å². The van der Waals surface area contributed by atoms with Crippen LogP contribution in [0.2, 0.25) is 0 Å². The van der Waals surface area contributed by atoms with Crippen LogP contribution in [0.5, 0.6) is 0 Å². The Morgan fingerprint density at radius 2 is 2.33 bits per heavy atom. The first-order valence-corrected chi connectivity index (χ1v) is 6.86. The van der Waals surface area contributed by atoms with Gasteiger partial charge in [-0.05, 0) is 19.4 Å². The van der Waals surface area contributed by atoms with Gasteiger partial charge in [-0.25, -0.2) is 4.98 Å². The van der Waals surface area contributed by atoms with E-state index in [1.54, 1.807) is 18.6 Å². The van der Waals surface area contributed by atoms with E-state index in [1.807, 2.05) is 4.90 Å². The summed E-state index contributed by atoms with van der Waals surface area (Å²) in [5.41, 5.74) is 5.85. The second-order valence-electron chi connectivity index (χ2n) is 5.00. The highest BCUT2D eigenvalue weighted by molar-refractivity contribution is 5.76. The fraction of sp³-hybridized carbons (Fsp3) is 0.462. The number of aromatic nitrogens is 4. The second kappa shape index (κ2) is 5.96. The summed E-state index contributed by atoms with van der Waals surface area (Å²) < 4.78 is 5.35. The molecule has 1 amide bonds. The summed E-state index contributed by atoms with van der Waals surface area (Å²) in [6.07, 6.45) is 7.70. The maximum Gasteiger partial charge on any atom is 0.244 e. The molecule has 2 N–H and O–H groups in total. The van der Waals surface area contributed by atoms with E-state index in [0.29, 0.717) is 17.4 Å². The van der Waals surface area contributed by atoms with E-state index in [0.717, 1.165) is 25.8 Å². The number of nitrogens with zero attached hydrogens (tertiary/aromatic N) is 5. The molecule has 0 radical (unpaired) electrons. The third kappa shape index (κ3) is 3.05. The predicted molar refractivity (Wildman–Crippen MR) is 72.7 cm³/mol. The molecule has 0 saturated carbocycles. The van der Waals surface area contributed by atoms with Gasteiger partial charge < -0.3 is 10.3 Å². The van der Waals surface area contributed by atoms with E-state index in [4.69, 9.17) is 10.3 Å². The van der Waals surface area contributed by atoms with E-state index in [1.165, 1.54) is 0 Å². The van der Waals surface area contributed by atoms with Crippen LogP contribution in [0.15, 0.2) is 23.1 Å². The van der Waals surface area contributed by atoms with Gasteiger partial charge in [-0.3, -0.25) is 14.7 Å². The number of hydrogen-bond acceptors (Lipinski definition) is 7. The zero-order chi connectivity index (χ0) is 14.7. The lowest BCUT2D eigenvalue weighted by atomic mass is 10.0. The Balaban J connectivity index is 1.82. The molecule has 21 heavy (non-hydrogen) atoms. The van der Waals surface area contributed by atoms with Crippen LogP contribution in [0.1, 0.15) is 31.2 Å². The lowest BCUT2D eigenvalue weighted by molar-refractivity contribution is -0.120. The first-order valence-electron chi connectivity index (χ1n) is 6.86. The first kappa shape index (κ1) is 13.6. The topological polar surface area (TPSA) is 111 Å². The number of likely N-dealkylation sites (tertiary alicyclic amines) is 1. The average molecular weight is 288 g/mol. The molecule has 1 saturated heterocycles. The Morgan fingerprint density at radius 3 is 3.10 bits per heavy atom. The molecule has 110 valence electrons. The van der Waals surface area contributed by atoms with Gasteiger partial charge in [0.2, 0.25) is 17.6 Å². The van der Waals surface area contributed by atoms with Crippen molar-refractivity contribution < 1.29 is 9.32 Å². The summed E-state index contributed by atoms with van der Waals surface area (Å²) in [7, 11) is 0. The number of hydrogen-bond donors (Lipinski definition) is 1. The fourth-order valence-corrected chi connectivity index (χ4v) is 2.55. The maximum absolute atomic E-state index is 11.2. The maximum atomic E-state index is 11.2. The van der Waals surface area contributed by atoms with Crippen LogP contribution < -0.4 is 5.73 Å². The number of primary amides is 1. The van der Waals surface area contributed by atoms with E-state index in [2.05, 4.69) is 20.1 Å². The van der Waals surface area contributed by atoms with E-state index in [-0.39, 0.29) is 18.5 Å². The Hall–Kier alpha value is -2.35. The largest absolute Gasteiger partial charge is 0.369 e. The zero-order valence-electron chi connectivity index (χ0n) is 11.5. The standard InChI is InChI=1S/C13H16N6O2/c14-11(20)8-19-6-2-1-3-10(19)13-17-12(18-21-13)9-7-15-4-5-16-9/h4-5,7,10H,1-3,6,8H2,(H2,14,20)/t10-/m0/s1. The zero-order valence-corrected chi connectivity index (χ0v) is 11.5. The van der Waals surface area contributed by atoms with Crippen molar-refractivity contribution in [1.82, 2.24) is 25.0 Å². The van der Waals surface area contributed by atoms with Gasteiger partial charge in [0.1, 0.15) is 5.69 Å². The molecule has 0 aromatic carbocycles. The minimum Gasteiger partial charge on any atom is -0.369 e. The highest BCUT2D eigenvalue weighted by Crippen LogP contribution is 2.30. The first-order chi connectivity index (χ1) is 10.2. The van der Waals surface area contributed by atoms with Crippen LogP contribution in [0.3, 0.4) is 0 Å². The molecule has 0 unspecified atom stereocenters. The molecule has 3 heterocycles. The highest BCUT2D eigenvalue weighted by atomic mass is 16.5. The van der Waals surface area contributed by atoms with Crippen LogP contribution in [0, 0.1) is 0 Å². The average Bonchev–Trinajstić information content (AvgIpc) is 2.98. The van der Waals surface area contributed by atoms with Gasteiger partial charge >= 0.3 is 0 Å². The molecule has 1 aliphatic rings. The second-order valence-corrected chi connectivity index (χ2v) is 5.00. The molecule has 0 aliphatic carbocycles. The molecule has 1 aliphatic heterocycles. The van der Waals surface area contributed by atoms with Crippen molar-refractivity contribution in [2.24, 2.45) is 5.73 Å². The summed E-state index contributed by atoms with van der Waals surface area (Å²) in [5.74, 6) is 0.551. The van der Waals surface area contributed by atoms with Crippen LogP contribution >= 0.6 is 0 Å². The molecular formula is C13H16N6O2. The summed E-state index contributed by atoms with van der Waals surface area (Å²) in [6, 6.07) is -0.0656. The fourth-order valence-electron chi connectivity index (χ4n) is 2.55. The predicted octanol–water partition coefficient (Wildman–Crippen LogP) is 0.539. The van der Waals surface area contributed by atoms with Crippen LogP contribution in [0.25, 0.3) is 11.5 Å². The quantitative estimate of drug-likeness (QED) is 0.873. The number of rotatable bonds is 4. The molecular weight excluding hydrogens is 272 g/mol. The van der Waals surface area contributed by atoms with Crippen molar-refractivity contribution in [3.05, 3.63) is 24.5 Å². The minimum atomic E-state index is -0.351. The van der Waals surface area contributed by atoms with Crippen molar-refractivity contribution >= 4 is 5.91 Å². The molecule has 1 atom stereocenters. The van der Waals surface area contributed by atoms with E-state index < -0.39 is 0 Å². The smallest absolute Gasteiger partial charge is 0.244 e. The van der Waals surface area contributed by atoms with Gasteiger partial charge in [0.05, 0.1) is 18.8 Å². The molecule has 0 spiro atoms. The Labute approximate surface area is 121 Å². The highest BCUT2D eigenvalue weighted by Gasteiger charge is 2.29. The van der Waals surface area contributed by atoms with E-state index >= 15 is 0 Å². The van der Waals surface area contributed by atoms with Crippen molar-refractivity contribution in [2.45, 2.75) is 25.3 Å². The van der Waals surface area contributed by atoms with Gasteiger partial charge in [0.25, 0.3) is 0 Å². The number of piperidine rings is 1. The van der Waals surface area contributed by atoms with Crippen molar-refractivity contribution in [1.29, 1.82) is 0 Å². The summed E-state index contributed by atoms with van der Waals surface area (Å²) in [6.45, 7) is 1.00. The summed E-state index contributed by atoms with van der Waals surface area (Å²) in [4.78, 5) is 25.7. The Kier molecular flexibility index (Phi) is 3.87. The molecule has 8 nitrogen and oxygen atoms in total. The lowest BCUT2D eigenvalue weighted by Gasteiger charge is -2.32. The molecule has 2 aromatic rings. The monoisotopic (exact) mass is 288 g/mol. The number of nitrogens with two attached hydrogens (primary N) is 1. The van der Waals surface area contributed by atoms with Crippen molar-refractivity contribution in [3.63, 3.8) is 0 Å². The van der Waals surface area contributed by atoms with Crippen LogP contribution in [-0.2, 0) is 4.79 Å². The summed E-state index contributed by atoms with van der Waals surface area (Å²) in [5, 5.41) is 3.94. The lowest BCUT2D eigenvalue weighted by Crippen LogP contribution is -2.39. The number of amides is 1. The van der Waals surface area contributed by atoms with Gasteiger partial charge in [-0.2, -0.15) is 4.98 Å². The third-order valence-electron chi connectivity index (χ3n) is 3.49. The molecule has 2 aromatic heterocycles. The van der Waals surface area contributed by atoms with Crippen molar-refractivity contribution in [3.8, 4) is 11.5 Å². The van der Waals surface area contributed by atoms with Crippen LogP contribution in [0.4, 0.5) is 0 Å². The van der Waals surface area contributed by atoms with Crippen LogP contribution in [-0.4, -0.2) is 44.0 Å². The number of carbonyl (C=O) groups is 1. The number of carbonyl (C=O) groups excluding carboxylic acids is 1. The van der Waals surface area contributed by atoms with Crippen molar-refractivity contribution in [2.75, 3.05) is 13.1 Å². The molecule has 1 fully saturated rings. The van der Waals surface area contributed by atoms with Gasteiger partial charge in [0.15, 0.2) is 0 Å². The normalized spacial score (nSPS) is 19.5. The van der Waals surface area contributed by atoms with Gasteiger partial charge in [-0.1, -0.05) is 11.6 Å². The molecule has 3 rings (SSSR count). The SMILES string of the molecule is NC(=O)CN1CCCC[C@H]1c1nc(-c2cnccn2)no1. The molecule has 0 bridgehead atoms.